The largest absolute Gasteiger partial charge is 0.311 e. The number of aromatic nitrogens is 3. The topological polar surface area (TPSA) is 46.5 Å². The molecule has 0 fully saturated rings. The molecule has 1 aliphatic carbocycles. The van der Waals surface area contributed by atoms with E-state index in [1.807, 2.05) is 13.8 Å². The number of nitriles is 1. The summed E-state index contributed by atoms with van der Waals surface area (Å²) in [5, 5.41) is 14.3. The van der Waals surface area contributed by atoms with Crippen LogP contribution in [0.1, 0.15) is 40.7 Å². The van der Waals surface area contributed by atoms with Crippen molar-refractivity contribution >= 4 is 38.8 Å². The number of hydrogen-bond acceptors (Lipinski definition) is 2. The first-order chi connectivity index (χ1) is 21.4. The highest BCUT2D eigenvalue weighted by Crippen LogP contribution is 2.42. The zero-order chi connectivity index (χ0) is 30.1. The van der Waals surface area contributed by atoms with Crippen molar-refractivity contribution in [1.82, 2.24) is 14.1 Å². The number of para-hydroxylation sites is 2. The Balaban J connectivity index is 1.57. The maximum Gasteiger partial charge on any atom is 0.0998 e. The van der Waals surface area contributed by atoms with Gasteiger partial charge >= 0.3 is 0 Å². The molecule has 0 aliphatic heterocycles. The molecule has 0 N–H and O–H groups in total. The van der Waals surface area contributed by atoms with Gasteiger partial charge in [-0.25, -0.2) is 0 Å². The molecule has 1 unspecified atom stereocenters. The van der Waals surface area contributed by atoms with E-state index in [-0.39, 0.29) is 0 Å². The molecule has 7 aromatic rings. The van der Waals surface area contributed by atoms with E-state index in [9.17, 15) is 5.26 Å². The normalized spacial score (nSPS) is 14.4. The van der Waals surface area contributed by atoms with E-state index < -0.39 is 0 Å². The summed E-state index contributed by atoms with van der Waals surface area (Å²) in [4.78, 5) is 4.63. The molecule has 0 saturated carbocycles. The Morgan fingerprint density at radius 1 is 0.727 bits per heavy atom. The average Bonchev–Trinajstić information content (AvgIpc) is 3.51. The summed E-state index contributed by atoms with van der Waals surface area (Å²) in [7, 11) is 0. The van der Waals surface area contributed by atoms with Crippen molar-refractivity contribution in [2.24, 2.45) is 5.92 Å². The summed E-state index contributed by atoms with van der Waals surface area (Å²) in [6, 6.07) is 35.1. The van der Waals surface area contributed by atoms with Crippen molar-refractivity contribution in [3.8, 4) is 28.6 Å². The van der Waals surface area contributed by atoms with Crippen LogP contribution in [0.3, 0.4) is 0 Å². The second-order valence-electron chi connectivity index (χ2n) is 12.3. The lowest BCUT2D eigenvalue weighted by atomic mass is 9.94. The second-order valence-corrected chi connectivity index (χ2v) is 12.3. The molecule has 4 aromatic carbocycles. The summed E-state index contributed by atoms with van der Waals surface area (Å²) in [6.45, 7) is 8.45. The summed E-state index contributed by atoms with van der Waals surface area (Å²) in [6.07, 6.45) is 5.53. The Morgan fingerprint density at radius 2 is 1.39 bits per heavy atom. The van der Waals surface area contributed by atoms with Gasteiger partial charge in [-0.05, 0) is 86.7 Å². The molecule has 0 amide bonds. The zero-order valence-corrected chi connectivity index (χ0v) is 25.4. The molecule has 0 spiro atoms. The molecule has 0 bridgehead atoms. The second kappa shape index (κ2) is 9.82. The Morgan fingerprint density at radius 3 is 2.14 bits per heavy atom. The number of aryl methyl sites for hydroxylation is 3. The van der Waals surface area contributed by atoms with Crippen LogP contribution in [0.4, 0.5) is 0 Å². The molecular weight excluding hydrogens is 536 g/mol. The van der Waals surface area contributed by atoms with Crippen LogP contribution in [-0.2, 0) is 6.42 Å². The van der Waals surface area contributed by atoms with Crippen molar-refractivity contribution in [2.75, 3.05) is 0 Å². The highest BCUT2D eigenvalue weighted by molar-refractivity contribution is 6.10. The fourth-order valence-corrected chi connectivity index (χ4v) is 7.21. The van der Waals surface area contributed by atoms with E-state index in [2.05, 4.69) is 137 Å². The molecule has 4 nitrogen and oxygen atoms in total. The number of fused-ring (bicyclic) bond motifs is 6. The van der Waals surface area contributed by atoms with Crippen LogP contribution in [0.25, 0.3) is 61.3 Å². The van der Waals surface area contributed by atoms with Crippen LogP contribution in [0.2, 0.25) is 0 Å². The minimum absolute atomic E-state index is 0.419. The zero-order valence-electron chi connectivity index (χ0n) is 25.4. The van der Waals surface area contributed by atoms with Crippen molar-refractivity contribution in [3.05, 3.63) is 131 Å². The highest BCUT2D eigenvalue weighted by Gasteiger charge is 2.25. The van der Waals surface area contributed by atoms with Crippen LogP contribution in [-0.4, -0.2) is 14.1 Å². The van der Waals surface area contributed by atoms with Crippen molar-refractivity contribution in [2.45, 2.75) is 34.1 Å². The predicted octanol–water partition coefficient (Wildman–Crippen LogP) is 9.79. The molecule has 212 valence electrons. The van der Waals surface area contributed by atoms with Crippen molar-refractivity contribution in [3.63, 3.8) is 0 Å². The third-order valence-corrected chi connectivity index (χ3v) is 9.06. The standard InChI is InChI=1S/C40H32N4/c1-24-13-15-32-30-9-5-7-11-35(30)43(37(32)17-24)39-21-29(23-41)34(28-19-26(3)42-27(4)20-28)22-40(39)44-36-12-8-6-10-31(36)33-16-14-25(2)18-38(33)44/h5-16,18-22,24H,17H2,1-4H3. The van der Waals surface area contributed by atoms with Crippen LogP contribution in [0.5, 0.6) is 0 Å². The quantitative estimate of drug-likeness (QED) is 0.213. The SMILES string of the molecule is Cc1ccc2c3ccccc3n(-c3cc(-c4cc(C)nc(C)c4)c(C#N)cc3-n3c4c(c5ccccc53)C=CC(C)C4)c2c1. The third kappa shape index (κ3) is 3.93. The van der Waals surface area contributed by atoms with Gasteiger partial charge < -0.3 is 9.13 Å². The lowest BCUT2D eigenvalue weighted by Gasteiger charge is -2.22. The van der Waals surface area contributed by atoms with Gasteiger partial charge in [0.1, 0.15) is 0 Å². The van der Waals surface area contributed by atoms with Crippen LogP contribution in [0, 0.1) is 38.0 Å². The highest BCUT2D eigenvalue weighted by atomic mass is 15.1. The minimum Gasteiger partial charge on any atom is -0.311 e. The Labute approximate surface area is 257 Å². The molecule has 3 aromatic heterocycles. The summed E-state index contributed by atoms with van der Waals surface area (Å²) in [5.41, 5.74) is 13.7. The summed E-state index contributed by atoms with van der Waals surface area (Å²) in [5.74, 6) is 0.419. The van der Waals surface area contributed by atoms with Gasteiger partial charge in [0.15, 0.2) is 0 Å². The van der Waals surface area contributed by atoms with Gasteiger partial charge in [-0.1, -0.05) is 67.6 Å². The Bertz CT molecular complexity index is 2350. The Hall–Kier alpha value is -5.40. The number of benzene rings is 4. The van der Waals surface area contributed by atoms with E-state index in [4.69, 9.17) is 0 Å². The van der Waals surface area contributed by atoms with E-state index in [0.717, 1.165) is 56.9 Å². The van der Waals surface area contributed by atoms with Gasteiger partial charge in [0, 0.05) is 44.4 Å². The van der Waals surface area contributed by atoms with Crippen LogP contribution >= 0.6 is 0 Å². The molecule has 44 heavy (non-hydrogen) atoms. The van der Waals surface area contributed by atoms with Gasteiger partial charge in [0.25, 0.3) is 0 Å². The smallest absolute Gasteiger partial charge is 0.0998 e. The molecule has 0 saturated heterocycles. The number of rotatable bonds is 3. The van der Waals surface area contributed by atoms with Gasteiger partial charge in [0.2, 0.25) is 0 Å². The summed E-state index contributed by atoms with van der Waals surface area (Å²) < 4.78 is 4.83. The van der Waals surface area contributed by atoms with Crippen LogP contribution in [0.15, 0.2) is 97.1 Å². The van der Waals surface area contributed by atoms with E-state index in [1.165, 1.54) is 33.0 Å². The fourth-order valence-electron chi connectivity index (χ4n) is 7.21. The monoisotopic (exact) mass is 568 g/mol. The molecule has 0 radical (unpaired) electrons. The molecule has 1 atom stereocenters. The van der Waals surface area contributed by atoms with Crippen molar-refractivity contribution < 1.29 is 0 Å². The molecular formula is C40H32N4. The van der Waals surface area contributed by atoms with E-state index >= 15 is 0 Å². The van der Waals surface area contributed by atoms with Gasteiger partial charge in [0.05, 0.1) is 39.6 Å². The first-order valence-electron chi connectivity index (χ1n) is 15.3. The first-order valence-corrected chi connectivity index (χ1v) is 15.3. The number of pyridine rings is 1. The maximum atomic E-state index is 10.6. The molecule has 1 aliphatic rings. The third-order valence-electron chi connectivity index (χ3n) is 9.06. The van der Waals surface area contributed by atoms with E-state index in [1.54, 1.807) is 0 Å². The van der Waals surface area contributed by atoms with Crippen molar-refractivity contribution in [1.29, 1.82) is 5.26 Å². The van der Waals surface area contributed by atoms with Gasteiger partial charge in [-0.2, -0.15) is 5.26 Å². The summed E-state index contributed by atoms with van der Waals surface area (Å²) >= 11 is 0. The number of nitrogens with zero attached hydrogens (tertiary/aromatic N) is 4. The molecule has 4 heteroatoms. The van der Waals surface area contributed by atoms with Crippen LogP contribution < -0.4 is 0 Å². The molecule has 8 rings (SSSR count). The molecule has 3 heterocycles. The van der Waals surface area contributed by atoms with Gasteiger partial charge in [-0.15, -0.1) is 0 Å². The van der Waals surface area contributed by atoms with Gasteiger partial charge in [-0.3, -0.25) is 4.98 Å². The minimum atomic E-state index is 0.419. The average molecular weight is 569 g/mol. The Kier molecular flexibility index (Phi) is 5.86. The fraction of sp³-hybridized carbons (Fsp3) is 0.150. The number of allylic oxidation sites excluding steroid dienone is 1. The lowest BCUT2D eigenvalue weighted by molar-refractivity contribution is 0.690. The lowest BCUT2D eigenvalue weighted by Crippen LogP contribution is -2.11. The maximum absolute atomic E-state index is 10.6. The van der Waals surface area contributed by atoms with E-state index in [0.29, 0.717) is 11.5 Å². The first kappa shape index (κ1) is 26.2. The number of hydrogen-bond donors (Lipinski definition) is 0. The predicted molar refractivity (Wildman–Crippen MR) is 182 cm³/mol.